The summed E-state index contributed by atoms with van der Waals surface area (Å²) >= 11 is 0. The van der Waals surface area contributed by atoms with Gasteiger partial charge in [0, 0.05) is 6.42 Å². The highest BCUT2D eigenvalue weighted by atomic mass is 19.4. The summed E-state index contributed by atoms with van der Waals surface area (Å²) in [6, 6.07) is 6.24. The van der Waals surface area contributed by atoms with E-state index in [0.717, 1.165) is 6.07 Å². The molecule has 0 aliphatic carbocycles. The van der Waals surface area contributed by atoms with E-state index in [9.17, 15) is 27.2 Å². The topological polar surface area (TPSA) is 83.0 Å². The Morgan fingerprint density at radius 1 is 1.15 bits per heavy atom. The Kier molecular flexibility index (Phi) is 4.23. The zero-order chi connectivity index (χ0) is 19.1. The molecule has 0 spiro atoms. The lowest BCUT2D eigenvalue weighted by atomic mass is 10.1. The Hall–Kier alpha value is -3.23. The first-order valence-corrected chi connectivity index (χ1v) is 7.27. The zero-order valence-corrected chi connectivity index (χ0v) is 12.9. The molecule has 0 radical (unpaired) electrons. The monoisotopic (exact) mass is 366 g/mol. The normalized spacial score (nSPS) is 11.7. The highest BCUT2D eigenvalue weighted by Crippen LogP contribution is 2.32. The summed E-state index contributed by atoms with van der Waals surface area (Å²) in [7, 11) is 0. The van der Waals surface area contributed by atoms with Gasteiger partial charge in [0.05, 0.1) is 22.0 Å². The van der Waals surface area contributed by atoms with Crippen molar-refractivity contribution in [1.82, 2.24) is 9.97 Å². The molecule has 0 unspecified atom stereocenters. The molecule has 1 aromatic heterocycles. The van der Waals surface area contributed by atoms with Gasteiger partial charge in [-0.15, -0.1) is 0 Å². The maximum Gasteiger partial charge on any atom is 0.419 e. The van der Waals surface area contributed by atoms with Crippen LogP contribution in [0.3, 0.4) is 0 Å². The fraction of sp³-hybridized carbons (Fsp3) is 0.118. The second-order valence-electron chi connectivity index (χ2n) is 5.54. The number of rotatable bonds is 3. The molecule has 0 saturated carbocycles. The van der Waals surface area contributed by atoms with Crippen LogP contribution in [0.2, 0.25) is 0 Å². The van der Waals surface area contributed by atoms with Gasteiger partial charge in [-0.25, -0.2) is 14.2 Å². The number of aromatic amines is 1. The standard InChI is InChI=1S/C17H10F4N2O3/c18-12-4-1-8(5-11(12)17(19,20)21)6-14-22-13-7-9(16(25)26)2-3-10(13)15(24)23-14/h1-5,7H,6H2,(H,25,26)(H,22,23,24). The Morgan fingerprint density at radius 3 is 2.54 bits per heavy atom. The number of alkyl halides is 3. The lowest BCUT2D eigenvalue weighted by molar-refractivity contribution is -0.140. The van der Waals surface area contributed by atoms with Crippen molar-refractivity contribution in [3.63, 3.8) is 0 Å². The van der Waals surface area contributed by atoms with E-state index >= 15 is 0 Å². The van der Waals surface area contributed by atoms with Crippen molar-refractivity contribution in [2.45, 2.75) is 12.6 Å². The summed E-state index contributed by atoms with van der Waals surface area (Å²) in [5.74, 6) is -2.57. The van der Waals surface area contributed by atoms with Gasteiger partial charge in [0.15, 0.2) is 0 Å². The van der Waals surface area contributed by atoms with E-state index in [-0.39, 0.29) is 34.3 Å². The van der Waals surface area contributed by atoms with E-state index < -0.39 is 29.1 Å². The molecule has 9 heteroatoms. The minimum absolute atomic E-state index is 0.0322. The van der Waals surface area contributed by atoms with E-state index in [1.165, 1.54) is 18.2 Å². The van der Waals surface area contributed by atoms with Crippen LogP contribution in [0.5, 0.6) is 0 Å². The van der Waals surface area contributed by atoms with Crippen molar-refractivity contribution in [2.24, 2.45) is 0 Å². The van der Waals surface area contributed by atoms with Gasteiger partial charge in [0.25, 0.3) is 5.56 Å². The fourth-order valence-corrected chi connectivity index (χ4v) is 2.50. The maximum absolute atomic E-state index is 13.3. The summed E-state index contributed by atoms with van der Waals surface area (Å²) in [5, 5.41) is 9.14. The van der Waals surface area contributed by atoms with E-state index in [1.807, 2.05) is 0 Å². The second kappa shape index (κ2) is 6.25. The molecule has 134 valence electrons. The number of aromatic carboxylic acids is 1. The quantitative estimate of drug-likeness (QED) is 0.697. The second-order valence-corrected chi connectivity index (χ2v) is 5.54. The number of carboxylic acids is 1. The summed E-state index contributed by atoms with van der Waals surface area (Å²) in [6.45, 7) is 0. The van der Waals surface area contributed by atoms with E-state index in [2.05, 4.69) is 9.97 Å². The number of halogens is 4. The summed E-state index contributed by atoms with van der Waals surface area (Å²) in [6.07, 6.45) is -5.04. The smallest absolute Gasteiger partial charge is 0.419 e. The molecule has 0 fully saturated rings. The van der Waals surface area contributed by atoms with E-state index in [0.29, 0.717) is 12.1 Å². The minimum atomic E-state index is -4.85. The zero-order valence-electron chi connectivity index (χ0n) is 12.9. The molecular weight excluding hydrogens is 356 g/mol. The highest BCUT2D eigenvalue weighted by molar-refractivity contribution is 5.92. The molecular formula is C17H10F4N2O3. The van der Waals surface area contributed by atoms with Gasteiger partial charge in [-0.3, -0.25) is 4.79 Å². The van der Waals surface area contributed by atoms with Gasteiger partial charge >= 0.3 is 12.1 Å². The number of fused-ring (bicyclic) bond motifs is 1. The van der Waals surface area contributed by atoms with Crippen molar-refractivity contribution in [1.29, 1.82) is 0 Å². The summed E-state index contributed by atoms with van der Waals surface area (Å²) < 4.78 is 51.7. The van der Waals surface area contributed by atoms with Crippen LogP contribution in [0.25, 0.3) is 10.9 Å². The first kappa shape index (κ1) is 17.6. The van der Waals surface area contributed by atoms with Gasteiger partial charge in [-0.1, -0.05) is 6.07 Å². The lowest BCUT2D eigenvalue weighted by Gasteiger charge is -2.10. The molecule has 1 heterocycles. The third kappa shape index (κ3) is 3.41. The van der Waals surface area contributed by atoms with Crippen LogP contribution >= 0.6 is 0 Å². The lowest BCUT2D eigenvalue weighted by Crippen LogP contribution is -2.13. The van der Waals surface area contributed by atoms with Crippen LogP contribution in [0.4, 0.5) is 17.6 Å². The molecule has 3 aromatic rings. The Bertz CT molecular complexity index is 1070. The molecule has 5 nitrogen and oxygen atoms in total. The van der Waals surface area contributed by atoms with Crippen LogP contribution in [0.1, 0.15) is 27.3 Å². The molecule has 0 bridgehead atoms. The molecule has 0 saturated heterocycles. The number of hydrogen-bond donors (Lipinski definition) is 2. The van der Waals surface area contributed by atoms with Crippen molar-refractivity contribution in [3.8, 4) is 0 Å². The maximum atomic E-state index is 13.3. The van der Waals surface area contributed by atoms with Crippen LogP contribution in [-0.4, -0.2) is 21.0 Å². The SMILES string of the molecule is O=C(O)c1ccc2c(=O)[nH]c(Cc3ccc(F)c(C(F)(F)F)c3)nc2c1. The predicted octanol–water partition coefficient (Wildman–Crippen LogP) is 3.37. The van der Waals surface area contributed by atoms with Crippen molar-refractivity contribution in [3.05, 3.63) is 75.1 Å². The van der Waals surface area contributed by atoms with E-state index in [4.69, 9.17) is 5.11 Å². The molecule has 26 heavy (non-hydrogen) atoms. The van der Waals surface area contributed by atoms with Gasteiger partial charge in [0.1, 0.15) is 11.6 Å². The van der Waals surface area contributed by atoms with Gasteiger partial charge in [-0.2, -0.15) is 13.2 Å². The number of carbonyl (C=O) groups is 1. The van der Waals surface area contributed by atoms with Crippen LogP contribution < -0.4 is 5.56 Å². The Balaban J connectivity index is 2.04. The number of benzene rings is 2. The number of carboxylic acid groups (broad SMARTS) is 1. The highest BCUT2D eigenvalue weighted by Gasteiger charge is 2.34. The molecule has 0 amide bonds. The number of nitrogens with zero attached hydrogens (tertiary/aromatic N) is 1. The number of hydrogen-bond acceptors (Lipinski definition) is 3. The van der Waals surface area contributed by atoms with Gasteiger partial charge < -0.3 is 10.1 Å². The number of nitrogens with one attached hydrogen (secondary N) is 1. The van der Waals surface area contributed by atoms with Crippen LogP contribution in [0, 0.1) is 5.82 Å². The van der Waals surface area contributed by atoms with Gasteiger partial charge in [0.2, 0.25) is 0 Å². The molecule has 2 aromatic carbocycles. The predicted molar refractivity (Wildman–Crippen MR) is 83.5 cm³/mol. The Labute approximate surface area is 142 Å². The molecule has 0 atom stereocenters. The van der Waals surface area contributed by atoms with E-state index in [1.54, 1.807) is 0 Å². The Morgan fingerprint density at radius 2 is 1.88 bits per heavy atom. The van der Waals surface area contributed by atoms with Crippen molar-refractivity contribution < 1.29 is 27.5 Å². The van der Waals surface area contributed by atoms with Crippen molar-refractivity contribution >= 4 is 16.9 Å². The van der Waals surface area contributed by atoms with Crippen LogP contribution in [-0.2, 0) is 12.6 Å². The third-order valence-electron chi connectivity index (χ3n) is 3.71. The number of aromatic nitrogens is 2. The van der Waals surface area contributed by atoms with Gasteiger partial charge in [-0.05, 0) is 35.9 Å². The van der Waals surface area contributed by atoms with Crippen molar-refractivity contribution in [2.75, 3.05) is 0 Å². The summed E-state index contributed by atoms with van der Waals surface area (Å²) in [4.78, 5) is 29.6. The average Bonchev–Trinajstić information content (AvgIpc) is 2.55. The summed E-state index contributed by atoms with van der Waals surface area (Å²) in [5.41, 5.74) is -1.86. The fourth-order valence-electron chi connectivity index (χ4n) is 2.50. The first-order valence-electron chi connectivity index (χ1n) is 7.27. The largest absolute Gasteiger partial charge is 0.478 e. The molecule has 0 aliphatic rings. The average molecular weight is 366 g/mol. The first-order chi connectivity index (χ1) is 12.1. The molecule has 0 aliphatic heterocycles. The molecule has 3 rings (SSSR count). The molecule has 2 N–H and O–H groups in total. The number of H-pyrrole nitrogens is 1. The minimum Gasteiger partial charge on any atom is -0.478 e. The van der Waals surface area contributed by atoms with Crippen LogP contribution in [0.15, 0.2) is 41.2 Å². The third-order valence-corrected chi connectivity index (χ3v) is 3.71.